The van der Waals surface area contributed by atoms with E-state index >= 15 is 0 Å². The Bertz CT molecular complexity index is 879. The summed E-state index contributed by atoms with van der Waals surface area (Å²) < 4.78 is 28.4. The molecule has 8 nitrogen and oxygen atoms in total. The molecule has 0 radical (unpaired) electrons. The van der Waals surface area contributed by atoms with Gasteiger partial charge >= 0.3 is 5.97 Å². The van der Waals surface area contributed by atoms with Gasteiger partial charge in [-0.15, -0.1) is 0 Å². The minimum absolute atomic E-state index is 0.0346. The second-order valence-electron chi connectivity index (χ2n) is 6.20. The normalized spacial score (nSPS) is 19.8. The van der Waals surface area contributed by atoms with Crippen molar-refractivity contribution >= 4 is 33.3 Å². The number of esters is 1. The number of H-pyrrole nitrogens is 1. The van der Waals surface area contributed by atoms with E-state index in [0.717, 1.165) is 0 Å². The number of hydrogen-bond acceptors (Lipinski definition) is 6. The topological polar surface area (TPSA) is 114 Å². The van der Waals surface area contributed by atoms with Gasteiger partial charge in [0.05, 0.1) is 11.5 Å². The number of sulfone groups is 1. The fourth-order valence-electron chi connectivity index (χ4n) is 2.87. The molecule has 0 spiro atoms. The molecule has 0 saturated carbocycles. The summed E-state index contributed by atoms with van der Waals surface area (Å²) >= 11 is 5.83. The zero-order chi connectivity index (χ0) is 19.6. The molecule has 0 bridgehead atoms. The van der Waals surface area contributed by atoms with Gasteiger partial charge in [0.25, 0.3) is 5.91 Å². The molecule has 1 aromatic rings. The smallest absolute Gasteiger partial charge is 0.344 e. The average Bonchev–Trinajstić information content (AvgIpc) is 2.92. The number of aromatic nitrogens is 1. The van der Waals surface area contributed by atoms with Crippen LogP contribution in [0.5, 0.6) is 0 Å². The van der Waals surface area contributed by atoms with Crippen molar-refractivity contribution in [3.63, 3.8) is 0 Å². The molecule has 10 heteroatoms. The Balaban J connectivity index is 2.12. The Hall–Kier alpha value is -1.87. The summed E-state index contributed by atoms with van der Waals surface area (Å²) in [5, 5.41) is -0.121. The van der Waals surface area contributed by atoms with Crippen LogP contribution in [0.25, 0.3) is 0 Å². The maximum atomic E-state index is 12.6. The molecule has 144 valence electrons. The highest BCUT2D eigenvalue weighted by molar-refractivity contribution is 7.91. The van der Waals surface area contributed by atoms with Gasteiger partial charge in [-0.2, -0.15) is 0 Å². The number of amides is 1. The molecule has 1 saturated heterocycles. The monoisotopic (exact) mass is 404 g/mol. The van der Waals surface area contributed by atoms with Crippen LogP contribution in [-0.2, 0) is 19.4 Å². The van der Waals surface area contributed by atoms with Crippen LogP contribution >= 0.6 is 11.6 Å². The van der Waals surface area contributed by atoms with Gasteiger partial charge in [-0.05, 0) is 27.2 Å². The number of ether oxygens (including phenoxy) is 1. The fourth-order valence-corrected chi connectivity index (χ4v) is 4.76. The summed E-state index contributed by atoms with van der Waals surface area (Å²) in [6.07, 6.45) is 0.380. The highest BCUT2D eigenvalue weighted by atomic mass is 35.5. The number of aromatic amines is 1. The van der Waals surface area contributed by atoms with E-state index in [-0.39, 0.29) is 28.6 Å². The number of likely N-dealkylation sites (N-methyl/N-ethyl adjacent to an activating group) is 1. The van der Waals surface area contributed by atoms with Crippen molar-refractivity contribution in [2.75, 3.05) is 18.1 Å². The molecule has 26 heavy (non-hydrogen) atoms. The molecular formula is C16H21ClN2O6S. The summed E-state index contributed by atoms with van der Waals surface area (Å²) in [6, 6.07) is -0.434. The number of carbonyl (C=O) groups excluding carboxylic acids is 2. The zero-order valence-corrected chi connectivity index (χ0v) is 16.3. The predicted molar refractivity (Wildman–Crippen MR) is 96.1 cm³/mol. The summed E-state index contributed by atoms with van der Waals surface area (Å²) in [5.41, 5.74) is -0.564. The minimum Gasteiger partial charge on any atom is -0.449 e. The Morgan fingerprint density at radius 1 is 1.46 bits per heavy atom. The number of hydrogen-bond donors (Lipinski definition) is 1. The standard InChI is InChI=1S/C16H21ClN2O6S/c1-4-19(11-5-6-26(23,24)8-11)15(21)10(3)25-16(22)12-7-18-9(2)13(17)14(12)20/h7,10-11H,4-6,8H2,1-3H3,(H,18,20)/t10-,11-/m0/s1. The minimum atomic E-state index is -3.15. The Kier molecular flexibility index (Phi) is 6.13. The van der Waals surface area contributed by atoms with Gasteiger partial charge in [0.15, 0.2) is 15.9 Å². The first-order valence-electron chi connectivity index (χ1n) is 8.17. The second-order valence-corrected chi connectivity index (χ2v) is 8.81. The lowest BCUT2D eigenvalue weighted by Crippen LogP contribution is -2.46. The third kappa shape index (κ3) is 4.27. The number of rotatable bonds is 5. The largest absolute Gasteiger partial charge is 0.449 e. The van der Waals surface area contributed by atoms with Gasteiger partial charge in [-0.1, -0.05) is 11.6 Å². The van der Waals surface area contributed by atoms with Crippen LogP contribution in [0, 0.1) is 6.92 Å². The average molecular weight is 405 g/mol. The molecular weight excluding hydrogens is 384 g/mol. The van der Waals surface area contributed by atoms with Gasteiger partial charge in [0.1, 0.15) is 10.6 Å². The molecule has 1 amide bonds. The van der Waals surface area contributed by atoms with E-state index in [0.29, 0.717) is 12.1 Å². The molecule has 1 aliphatic rings. The maximum absolute atomic E-state index is 12.6. The molecule has 2 rings (SSSR count). The van der Waals surface area contributed by atoms with Crippen molar-refractivity contribution in [1.29, 1.82) is 0 Å². The van der Waals surface area contributed by atoms with Crippen LogP contribution in [0.1, 0.15) is 36.3 Å². The van der Waals surface area contributed by atoms with E-state index in [1.807, 2.05) is 0 Å². The van der Waals surface area contributed by atoms with Gasteiger partial charge < -0.3 is 14.6 Å². The number of halogens is 1. The molecule has 1 aromatic heterocycles. The van der Waals surface area contributed by atoms with E-state index < -0.39 is 39.3 Å². The van der Waals surface area contributed by atoms with Crippen molar-refractivity contribution in [1.82, 2.24) is 9.88 Å². The molecule has 1 fully saturated rings. The van der Waals surface area contributed by atoms with Crippen LogP contribution in [0.15, 0.2) is 11.0 Å². The molecule has 2 heterocycles. The van der Waals surface area contributed by atoms with Gasteiger partial charge in [0, 0.05) is 24.5 Å². The van der Waals surface area contributed by atoms with E-state index in [2.05, 4.69) is 4.98 Å². The second kappa shape index (κ2) is 7.79. The Labute approximate surface area is 156 Å². The predicted octanol–water partition coefficient (Wildman–Crippen LogP) is 0.918. The number of aryl methyl sites for hydroxylation is 1. The van der Waals surface area contributed by atoms with Crippen molar-refractivity contribution < 1.29 is 22.7 Å². The molecule has 0 unspecified atom stereocenters. The van der Waals surface area contributed by atoms with Crippen LogP contribution < -0.4 is 5.43 Å². The van der Waals surface area contributed by atoms with Crippen molar-refractivity contribution in [3.05, 3.63) is 32.7 Å². The molecule has 0 aliphatic carbocycles. The van der Waals surface area contributed by atoms with Crippen LogP contribution in [-0.4, -0.2) is 60.4 Å². The first kappa shape index (κ1) is 20.4. The van der Waals surface area contributed by atoms with Crippen molar-refractivity contribution in [2.24, 2.45) is 0 Å². The first-order valence-corrected chi connectivity index (χ1v) is 10.4. The van der Waals surface area contributed by atoms with Gasteiger partial charge in [0.2, 0.25) is 5.43 Å². The van der Waals surface area contributed by atoms with Crippen molar-refractivity contribution in [3.8, 4) is 0 Å². The number of nitrogens with zero attached hydrogens (tertiary/aromatic N) is 1. The van der Waals surface area contributed by atoms with Gasteiger partial charge in [-0.25, -0.2) is 13.2 Å². The number of nitrogens with one attached hydrogen (secondary N) is 1. The lowest BCUT2D eigenvalue weighted by atomic mass is 10.2. The SMILES string of the molecule is CCN(C(=O)[C@H](C)OC(=O)c1c[nH]c(C)c(Cl)c1=O)[C@H]1CCS(=O)(=O)C1. The summed E-state index contributed by atoms with van der Waals surface area (Å²) in [5.74, 6) is -1.53. The lowest BCUT2D eigenvalue weighted by molar-refractivity contribution is -0.141. The molecule has 2 atom stereocenters. The summed E-state index contributed by atoms with van der Waals surface area (Å²) in [6.45, 7) is 4.98. The zero-order valence-electron chi connectivity index (χ0n) is 14.7. The number of pyridine rings is 1. The molecule has 1 N–H and O–H groups in total. The maximum Gasteiger partial charge on any atom is 0.344 e. The van der Waals surface area contributed by atoms with Gasteiger partial charge in [-0.3, -0.25) is 9.59 Å². The highest BCUT2D eigenvalue weighted by Gasteiger charge is 2.36. The Morgan fingerprint density at radius 2 is 2.12 bits per heavy atom. The highest BCUT2D eigenvalue weighted by Crippen LogP contribution is 2.19. The van der Waals surface area contributed by atoms with Crippen LogP contribution in [0.2, 0.25) is 5.02 Å². The third-order valence-corrected chi connectivity index (χ3v) is 6.54. The van der Waals surface area contributed by atoms with Crippen LogP contribution in [0.3, 0.4) is 0 Å². The van der Waals surface area contributed by atoms with E-state index in [9.17, 15) is 22.8 Å². The Morgan fingerprint density at radius 3 is 2.65 bits per heavy atom. The van der Waals surface area contributed by atoms with E-state index in [1.54, 1.807) is 13.8 Å². The van der Waals surface area contributed by atoms with Crippen LogP contribution in [0.4, 0.5) is 0 Å². The van der Waals surface area contributed by atoms with E-state index in [4.69, 9.17) is 16.3 Å². The quantitative estimate of drug-likeness (QED) is 0.730. The third-order valence-electron chi connectivity index (χ3n) is 4.33. The van der Waals surface area contributed by atoms with E-state index in [1.165, 1.54) is 18.0 Å². The first-order chi connectivity index (χ1) is 12.1. The summed E-state index contributed by atoms with van der Waals surface area (Å²) in [7, 11) is -3.15. The summed E-state index contributed by atoms with van der Waals surface area (Å²) in [4.78, 5) is 40.9. The molecule has 0 aromatic carbocycles. The number of carbonyl (C=O) groups is 2. The lowest BCUT2D eigenvalue weighted by Gasteiger charge is -2.29. The van der Waals surface area contributed by atoms with Crippen molar-refractivity contribution in [2.45, 2.75) is 39.3 Å². The fraction of sp³-hybridized carbons (Fsp3) is 0.562. The molecule has 1 aliphatic heterocycles.